The number of carbonyl (C=O) groups excluding carboxylic acids is 1. The number of benzene rings is 2. The summed E-state index contributed by atoms with van der Waals surface area (Å²) in [5, 5.41) is 2.05. The fourth-order valence-corrected chi connectivity index (χ4v) is 5.36. The fourth-order valence-electron chi connectivity index (χ4n) is 4.50. The molecule has 174 valence electrons. The Morgan fingerprint density at radius 1 is 0.970 bits per heavy atom. The Morgan fingerprint density at radius 2 is 1.73 bits per heavy atom. The lowest BCUT2D eigenvalue weighted by Crippen LogP contribution is -2.40. The minimum Gasteiger partial charge on any atom is -0.493 e. The quantitative estimate of drug-likeness (QED) is 0.472. The van der Waals surface area contributed by atoms with Crippen LogP contribution in [0, 0.1) is 0 Å². The van der Waals surface area contributed by atoms with Gasteiger partial charge in [-0.05, 0) is 59.2 Å². The van der Waals surface area contributed by atoms with Gasteiger partial charge in [0.25, 0.3) is 0 Å². The third-order valence-electron chi connectivity index (χ3n) is 6.10. The maximum absolute atomic E-state index is 13.5. The van der Waals surface area contributed by atoms with Crippen molar-refractivity contribution < 1.29 is 23.7 Å². The van der Waals surface area contributed by atoms with Crippen LogP contribution in [0.1, 0.15) is 34.0 Å². The van der Waals surface area contributed by atoms with Crippen LogP contribution in [-0.2, 0) is 17.6 Å². The molecule has 0 saturated heterocycles. The summed E-state index contributed by atoms with van der Waals surface area (Å²) in [6.07, 6.45) is 1.73. The van der Waals surface area contributed by atoms with E-state index < -0.39 is 0 Å². The number of carbonyl (C=O) groups is 1. The minimum absolute atomic E-state index is 0.110. The number of thiophene rings is 1. The maximum atomic E-state index is 13.5. The van der Waals surface area contributed by atoms with Gasteiger partial charge in [0.15, 0.2) is 23.0 Å². The van der Waals surface area contributed by atoms with Crippen LogP contribution in [0.5, 0.6) is 23.0 Å². The molecule has 7 heteroatoms. The third kappa shape index (κ3) is 4.50. The van der Waals surface area contributed by atoms with Gasteiger partial charge in [0.05, 0.1) is 34.5 Å². The highest BCUT2D eigenvalue weighted by Gasteiger charge is 2.33. The molecule has 1 aliphatic heterocycles. The van der Waals surface area contributed by atoms with E-state index in [1.165, 1.54) is 5.56 Å². The Morgan fingerprint density at radius 3 is 2.39 bits per heavy atom. The van der Waals surface area contributed by atoms with E-state index in [1.807, 2.05) is 46.7 Å². The smallest absolute Gasteiger partial charge is 0.223 e. The van der Waals surface area contributed by atoms with E-state index in [2.05, 4.69) is 6.07 Å². The lowest BCUT2D eigenvalue weighted by Gasteiger charge is -2.37. The molecule has 4 rings (SSSR count). The van der Waals surface area contributed by atoms with E-state index in [1.54, 1.807) is 39.8 Å². The van der Waals surface area contributed by atoms with Crippen molar-refractivity contribution >= 4 is 17.2 Å². The van der Waals surface area contributed by atoms with Crippen LogP contribution in [0.2, 0.25) is 0 Å². The largest absolute Gasteiger partial charge is 0.493 e. The van der Waals surface area contributed by atoms with Crippen LogP contribution in [0.25, 0.3) is 0 Å². The second-order valence-corrected chi connectivity index (χ2v) is 8.79. The van der Waals surface area contributed by atoms with Crippen molar-refractivity contribution in [2.75, 3.05) is 35.0 Å². The van der Waals surface area contributed by atoms with Crippen LogP contribution in [0.3, 0.4) is 0 Å². The summed E-state index contributed by atoms with van der Waals surface area (Å²) >= 11 is 1.66. The van der Waals surface area contributed by atoms with Gasteiger partial charge in [0.1, 0.15) is 0 Å². The summed E-state index contributed by atoms with van der Waals surface area (Å²) in [5.41, 5.74) is 3.24. The number of nitrogens with zero attached hydrogens (tertiary/aromatic N) is 1. The Kier molecular flexibility index (Phi) is 7.08. The van der Waals surface area contributed by atoms with Gasteiger partial charge in [-0.3, -0.25) is 4.79 Å². The lowest BCUT2D eigenvalue weighted by molar-refractivity contribution is -0.133. The average molecular weight is 468 g/mol. The zero-order chi connectivity index (χ0) is 23.4. The summed E-state index contributed by atoms with van der Waals surface area (Å²) in [7, 11) is 6.52. The molecule has 0 saturated carbocycles. The standard InChI is InChI=1S/C26H29NO5S/c1-29-20-8-5-7-17(26(20)32-4)10-11-24(28)27-13-12-18-15-21(30-2)22(31-3)16-19(18)25(27)23-9-6-14-33-23/h5-9,14-16,25H,10-13H2,1-4H3. The molecule has 1 aromatic heterocycles. The Bertz CT molecular complexity index is 1110. The molecule has 2 heterocycles. The van der Waals surface area contributed by atoms with Gasteiger partial charge in [-0.1, -0.05) is 18.2 Å². The SMILES string of the molecule is COc1cc2c(cc1OC)C(c1cccs1)N(C(=O)CCc1cccc(OC)c1OC)CC2. The summed E-state index contributed by atoms with van der Waals surface area (Å²) in [4.78, 5) is 16.6. The lowest BCUT2D eigenvalue weighted by atomic mass is 9.90. The summed E-state index contributed by atoms with van der Waals surface area (Å²) in [5.74, 6) is 2.85. The fraction of sp³-hybridized carbons (Fsp3) is 0.346. The Labute approximate surface area is 198 Å². The second kappa shape index (κ2) is 10.2. The van der Waals surface area contributed by atoms with Gasteiger partial charge < -0.3 is 23.8 Å². The number of amides is 1. The number of rotatable bonds is 8. The molecule has 0 fully saturated rings. The maximum Gasteiger partial charge on any atom is 0.223 e. The molecule has 3 aromatic rings. The van der Waals surface area contributed by atoms with Crippen molar-refractivity contribution in [2.24, 2.45) is 0 Å². The number of aryl methyl sites for hydroxylation is 1. The Hall–Kier alpha value is -3.19. The molecule has 1 atom stereocenters. The van der Waals surface area contributed by atoms with E-state index in [0.717, 1.165) is 22.4 Å². The first-order chi connectivity index (χ1) is 16.1. The summed E-state index contributed by atoms with van der Waals surface area (Å²) in [6.45, 7) is 0.652. The van der Waals surface area contributed by atoms with Crippen LogP contribution < -0.4 is 18.9 Å². The van der Waals surface area contributed by atoms with Crippen LogP contribution >= 0.6 is 11.3 Å². The number of hydrogen-bond acceptors (Lipinski definition) is 6. The first-order valence-electron chi connectivity index (χ1n) is 10.9. The summed E-state index contributed by atoms with van der Waals surface area (Å²) < 4.78 is 22.0. The second-order valence-electron chi connectivity index (χ2n) is 7.81. The molecule has 1 amide bonds. The molecule has 1 unspecified atom stereocenters. The first kappa shape index (κ1) is 23.0. The molecule has 0 spiro atoms. The molecule has 0 radical (unpaired) electrons. The topological polar surface area (TPSA) is 57.2 Å². The first-order valence-corrected chi connectivity index (χ1v) is 11.8. The number of hydrogen-bond donors (Lipinski definition) is 0. The van der Waals surface area contributed by atoms with Crippen molar-refractivity contribution in [1.82, 2.24) is 4.90 Å². The predicted molar refractivity (Wildman–Crippen MR) is 129 cm³/mol. The van der Waals surface area contributed by atoms with Crippen LogP contribution in [0.15, 0.2) is 47.8 Å². The molecule has 0 bridgehead atoms. The zero-order valence-corrected chi connectivity index (χ0v) is 20.2. The van der Waals surface area contributed by atoms with Gasteiger partial charge in [0, 0.05) is 17.8 Å². The van der Waals surface area contributed by atoms with E-state index in [0.29, 0.717) is 42.4 Å². The van der Waals surface area contributed by atoms with E-state index in [4.69, 9.17) is 18.9 Å². The van der Waals surface area contributed by atoms with Crippen LogP contribution in [-0.4, -0.2) is 45.8 Å². The van der Waals surface area contributed by atoms with Gasteiger partial charge >= 0.3 is 0 Å². The molecule has 0 N–H and O–H groups in total. The van der Waals surface area contributed by atoms with Gasteiger partial charge in [-0.25, -0.2) is 0 Å². The number of ether oxygens (including phenoxy) is 4. The molecule has 2 aromatic carbocycles. The Balaban J connectivity index is 1.63. The molecule has 0 aliphatic carbocycles. The third-order valence-corrected chi connectivity index (χ3v) is 7.02. The van der Waals surface area contributed by atoms with E-state index in [-0.39, 0.29) is 11.9 Å². The van der Waals surface area contributed by atoms with E-state index in [9.17, 15) is 4.79 Å². The predicted octanol–water partition coefficient (Wildman–Crippen LogP) is 4.89. The highest BCUT2D eigenvalue weighted by atomic mass is 32.1. The number of fused-ring (bicyclic) bond motifs is 1. The van der Waals surface area contributed by atoms with Crippen LogP contribution in [0.4, 0.5) is 0 Å². The minimum atomic E-state index is -0.145. The van der Waals surface area contributed by atoms with E-state index >= 15 is 0 Å². The van der Waals surface area contributed by atoms with Crippen molar-refractivity contribution in [3.63, 3.8) is 0 Å². The average Bonchev–Trinajstić information content (AvgIpc) is 3.39. The number of para-hydroxylation sites is 1. The monoisotopic (exact) mass is 467 g/mol. The molecule has 1 aliphatic rings. The summed E-state index contributed by atoms with van der Waals surface area (Å²) in [6, 6.07) is 13.8. The highest BCUT2D eigenvalue weighted by molar-refractivity contribution is 7.10. The normalized spacial score (nSPS) is 15.0. The van der Waals surface area contributed by atoms with Gasteiger partial charge in [-0.15, -0.1) is 11.3 Å². The van der Waals surface area contributed by atoms with Crippen molar-refractivity contribution in [1.29, 1.82) is 0 Å². The van der Waals surface area contributed by atoms with Crippen molar-refractivity contribution in [3.05, 3.63) is 69.4 Å². The van der Waals surface area contributed by atoms with Gasteiger partial charge in [0.2, 0.25) is 5.91 Å². The van der Waals surface area contributed by atoms with Crippen molar-refractivity contribution in [3.8, 4) is 23.0 Å². The van der Waals surface area contributed by atoms with Crippen molar-refractivity contribution in [2.45, 2.75) is 25.3 Å². The molecule has 33 heavy (non-hydrogen) atoms. The molecule has 6 nitrogen and oxygen atoms in total. The highest BCUT2D eigenvalue weighted by Crippen LogP contribution is 2.42. The molecular weight excluding hydrogens is 438 g/mol. The zero-order valence-electron chi connectivity index (χ0n) is 19.4. The van der Waals surface area contributed by atoms with Gasteiger partial charge in [-0.2, -0.15) is 0 Å². The molecular formula is C26H29NO5S. The number of methoxy groups -OCH3 is 4.